The molecule has 1 aliphatic rings. The summed E-state index contributed by atoms with van der Waals surface area (Å²) in [4.78, 5) is 16.0. The Balaban J connectivity index is 1.71. The van der Waals surface area contributed by atoms with Gasteiger partial charge in [0.15, 0.2) is 5.13 Å². The Morgan fingerprint density at radius 3 is 2.89 bits per heavy atom. The maximum Gasteiger partial charge on any atom is 0.226 e. The Kier molecular flexibility index (Phi) is 5.45. The number of hydrogen-bond donors (Lipinski definition) is 1. The summed E-state index contributed by atoms with van der Waals surface area (Å²) in [6, 6.07) is 0. The molecule has 1 heterocycles. The summed E-state index contributed by atoms with van der Waals surface area (Å²) >= 11 is 7.11. The highest BCUT2D eigenvalue weighted by molar-refractivity contribution is 7.13. The van der Waals surface area contributed by atoms with Crippen molar-refractivity contribution >= 4 is 34.0 Å². The molecule has 0 aromatic carbocycles. The van der Waals surface area contributed by atoms with Gasteiger partial charge in [0, 0.05) is 11.8 Å². The fourth-order valence-electron chi connectivity index (χ4n) is 2.42. The predicted molar refractivity (Wildman–Crippen MR) is 76.1 cm³/mol. The highest BCUT2D eigenvalue weighted by Crippen LogP contribution is 2.27. The number of carbonyl (C=O) groups is 1. The SMILES string of the molecule is O=C(CCC1CCCCC1)Nc1nc(CCl)cs1. The molecular weight excluding hydrogens is 268 g/mol. The summed E-state index contributed by atoms with van der Waals surface area (Å²) < 4.78 is 0. The third kappa shape index (κ3) is 4.25. The van der Waals surface area contributed by atoms with Gasteiger partial charge in [0.1, 0.15) is 0 Å². The largest absolute Gasteiger partial charge is 0.302 e. The topological polar surface area (TPSA) is 42.0 Å². The van der Waals surface area contributed by atoms with Crippen LogP contribution in [-0.2, 0) is 10.7 Å². The Morgan fingerprint density at radius 2 is 2.22 bits per heavy atom. The molecule has 1 aromatic heterocycles. The van der Waals surface area contributed by atoms with Crippen LogP contribution in [0.1, 0.15) is 50.6 Å². The molecule has 0 saturated heterocycles. The number of nitrogens with one attached hydrogen (secondary N) is 1. The molecular formula is C13H19ClN2OS. The number of hydrogen-bond acceptors (Lipinski definition) is 3. The normalized spacial score (nSPS) is 16.7. The second-order valence-electron chi connectivity index (χ2n) is 4.87. The number of aromatic nitrogens is 1. The summed E-state index contributed by atoms with van der Waals surface area (Å²) in [5.41, 5.74) is 0.823. The summed E-state index contributed by atoms with van der Waals surface area (Å²) in [6.07, 6.45) is 8.24. The van der Waals surface area contributed by atoms with Gasteiger partial charge >= 0.3 is 0 Å². The van der Waals surface area contributed by atoms with Crippen molar-refractivity contribution < 1.29 is 4.79 Å². The number of rotatable bonds is 5. The van der Waals surface area contributed by atoms with Crippen LogP contribution in [0.3, 0.4) is 0 Å². The van der Waals surface area contributed by atoms with Gasteiger partial charge in [-0.2, -0.15) is 0 Å². The minimum absolute atomic E-state index is 0.0797. The molecule has 100 valence electrons. The first-order valence-corrected chi connectivity index (χ1v) is 7.99. The molecule has 1 aromatic rings. The Morgan fingerprint density at radius 1 is 1.44 bits per heavy atom. The lowest BCUT2D eigenvalue weighted by Crippen LogP contribution is -2.14. The number of nitrogens with zero attached hydrogens (tertiary/aromatic N) is 1. The van der Waals surface area contributed by atoms with E-state index in [1.807, 2.05) is 5.38 Å². The fourth-order valence-corrected chi connectivity index (χ4v) is 3.37. The molecule has 0 atom stereocenters. The lowest BCUT2D eigenvalue weighted by molar-refractivity contribution is -0.116. The van der Waals surface area contributed by atoms with Gasteiger partial charge < -0.3 is 5.32 Å². The van der Waals surface area contributed by atoms with E-state index < -0.39 is 0 Å². The van der Waals surface area contributed by atoms with Crippen molar-refractivity contribution in [3.63, 3.8) is 0 Å². The van der Waals surface area contributed by atoms with Crippen molar-refractivity contribution in [3.8, 4) is 0 Å². The quantitative estimate of drug-likeness (QED) is 0.825. The predicted octanol–water partition coefficient (Wildman–Crippen LogP) is 4.18. The molecule has 18 heavy (non-hydrogen) atoms. The lowest BCUT2D eigenvalue weighted by atomic mass is 9.86. The van der Waals surface area contributed by atoms with Crippen LogP contribution in [-0.4, -0.2) is 10.9 Å². The van der Waals surface area contributed by atoms with Crippen LogP contribution >= 0.6 is 22.9 Å². The summed E-state index contributed by atoms with van der Waals surface area (Å²) in [6.45, 7) is 0. The van der Waals surface area contributed by atoms with E-state index in [1.165, 1.54) is 43.4 Å². The molecule has 1 fully saturated rings. The van der Waals surface area contributed by atoms with Crippen molar-refractivity contribution in [2.45, 2.75) is 50.8 Å². The zero-order valence-electron chi connectivity index (χ0n) is 10.5. The van der Waals surface area contributed by atoms with Crippen molar-refractivity contribution in [3.05, 3.63) is 11.1 Å². The average molecular weight is 287 g/mol. The zero-order valence-corrected chi connectivity index (χ0v) is 12.0. The first kappa shape index (κ1) is 13.8. The summed E-state index contributed by atoms with van der Waals surface area (Å²) in [7, 11) is 0. The van der Waals surface area contributed by atoms with Crippen LogP contribution in [0.4, 0.5) is 5.13 Å². The minimum Gasteiger partial charge on any atom is -0.302 e. The number of halogens is 1. The van der Waals surface area contributed by atoms with Gasteiger partial charge in [-0.05, 0) is 12.3 Å². The summed E-state index contributed by atoms with van der Waals surface area (Å²) in [5.74, 6) is 1.23. The van der Waals surface area contributed by atoms with E-state index >= 15 is 0 Å². The van der Waals surface area contributed by atoms with Gasteiger partial charge in [-0.1, -0.05) is 32.1 Å². The van der Waals surface area contributed by atoms with Gasteiger partial charge in [0.25, 0.3) is 0 Å². The Hall–Kier alpha value is -0.610. The van der Waals surface area contributed by atoms with E-state index in [0.717, 1.165) is 18.0 Å². The number of anilines is 1. The van der Waals surface area contributed by atoms with Crippen LogP contribution < -0.4 is 5.32 Å². The molecule has 0 bridgehead atoms. The van der Waals surface area contributed by atoms with Crippen LogP contribution in [0.25, 0.3) is 0 Å². The van der Waals surface area contributed by atoms with Gasteiger partial charge in [-0.15, -0.1) is 22.9 Å². The molecule has 0 unspecified atom stereocenters. The van der Waals surface area contributed by atoms with Crippen LogP contribution in [0.15, 0.2) is 5.38 Å². The Labute approximate surface area is 117 Å². The zero-order chi connectivity index (χ0) is 12.8. The lowest BCUT2D eigenvalue weighted by Gasteiger charge is -2.20. The monoisotopic (exact) mass is 286 g/mol. The molecule has 0 radical (unpaired) electrons. The third-order valence-electron chi connectivity index (χ3n) is 3.44. The third-order valence-corrected chi connectivity index (χ3v) is 4.52. The van der Waals surface area contributed by atoms with E-state index in [2.05, 4.69) is 10.3 Å². The van der Waals surface area contributed by atoms with E-state index in [9.17, 15) is 4.79 Å². The molecule has 1 amide bonds. The first-order valence-electron chi connectivity index (χ1n) is 6.58. The smallest absolute Gasteiger partial charge is 0.226 e. The van der Waals surface area contributed by atoms with E-state index in [4.69, 9.17) is 11.6 Å². The molecule has 0 aliphatic heterocycles. The van der Waals surface area contributed by atoms with E-state index in [-0.39, 0.29) is 5.91 Å². The molecule has 5 heteroatoms. The van der Waals surface area contributed by atoms with Crippen molar-refractivity contribution in [1.82, 2.24) is 4.98 Å². The number of thiazole rings is 1. The van der Waals surface area contributed by atoms with Gasteiger partial charge in [0.05, 0.1) is 11.6 Å². The molecule has 0 spiro atoms. The van der Waals surface area contributed by atoms with Crippen molar-refractivity contribution in [2.24, 2.45) is 5.92 Å². The van der Waals surface area contributed by atoms with Gasteiger partial charge in [-0.25, -0.2) is 4.98 Å². The molecule has 1 N–H and O–H groups in total. The number of amides is 1. The molecule has 1 saturated carbocycles. The van der Waals surface area contributed by atoms with E-state index in [1.54, 1.807) is 0 Å². The highest BCUT2D eigenvalue weighted by Gasteiger charge is 2.15. The van der Waals surface area contributed by atoms with Crippen LogP contribution in [0.2, 0.25) is 0 Å². The second kappa shape index (κ2) is 7.10. The van der Waals surface area contributed by atoms with Gasteiger partial charge in [0.2, 0.25) is 5.91 Å². The van der Waals surface area contributed by atoms with E-state index in [0.29, 0.717) is 17.4 Å². The minimum atomic E-state index is 0.0797. The van der Waals surface area contributed by atoms with Crippen LogP contribution in [0.5, 0.6) is 0 Å². The maximum absolute atomic E-state index is 11.8. The standard InChI is InChI=1S/C13H19ClN2OS/c14-8-11-9-18-13(15-11)16-12(17)7-6-10-4-2-1-3-5-10/h9-10H,1-8H2,(H,15,16,17). The van der Waals surface area contributed by atoms with Crippen molar-refractivity contribution in [1.29, 1.82) is 0 Å². The van der Waals surface area contributed by atoms with Crippen LogP contribution in [0, 0.1) is 5.92 Å². The number of carbonyl (C=O) groups excluding carboxylic acids is 1. The molecule has 2 rings (SSSR count). The Bertz CT molecular complexity index is 388. The molecule has 3 nitrogen and oxygen atoms in total. The second-order valence-corrected chi connectivity index (χ2v) is 5.99. The first-order chi connectivity index (χ1) is 8.78. The average Bonchev–Trinajstić information content (AvgIpc) is 2.85. The molecule has 1 aliphatic carbocycles. The number of alkyl halides is 1. The van der Waals surface area contributed by atoms with Crippen molar-refractivity contribution in [2.75, 3.05) is 5.32 Å². The fraction of sp³-hybridized carbons (Fsp3) is 0.692. The highest BCUT2D eigenvalue weighted by atomic mass is 35.5. The summed E-state index contributed by atoms with van der Waals surface area (Å²) in [5, 5.41) is 5.39. The van der Waals surface area contributed by atoms with Gasteiger partial charge in [-0.3, -0.25) is 4.79 Å². The maximum atomic E-state index is 11.8.